The van der Waals surface area contributed by atoms with Gasteiger partial charge in [0.15, 0.2) is 11.6 Å². The molecule has 1 amide bonds. The van der Waals surface area contributed by atoms with Crippen LogP contribution in [-0.4, -0.2) is 44.5 Å². The number of aliphatic carboxylic acids is 1. The molecule has 0 aliphatic rings. The summed E-state index contributed by atoms with van der Waals surface area (Å²) in [5.41, 5.74) is 0.877. The average Bonchev–Trinajstić information content (AvgIpc) is 2.64. The molecule has 10 heteroatoms. The highest BCUT2D eigenvalue weighted by atomic mass is 31.2. The minimum absolute atomic E-state index is 0.0185. The van der Waals surface area contributed by atoms with Crippen molar-refractivity contribution in [3.63, 3.8) is 0 Å². The Labute approximate surface area is 177 Å². The SMILES string of the molecule is Cc1cnc(NC(=O)CCCCCCCCCP(=O)(O)O)c(OCCCC(=O)O)c1. The van der Waals surface area contributed by atoms with Crippen molar-refractivity contribution in [1.29, 1.82) is 0 Å². The van der Waals surface area contributed by atoms with E-state index >= 15 is 0 Å². The number of aromatic nitrogens is 1. The van der Waals surface area contributed by atoms with Crippen molar-refractivity contribution in [2.45, 2.75) is 71.1 Å². The molecule has 0 saturated carbocycles. The lowest BCUT2D eigenvalue weighted by Crippen LogP contribution is -2.14. The lowest BCUT2D eigenvalue weighted by atomic mass is 10.1. The summed E-state index contributed by atoms with van der Waals surface area (Å²) in [5.74, 6) is -0.256. The second-order valence-electron chi connectivity index (χ2n) is 7.37. The fourth-order valence-corrected chi connectivity index (χ4v) is 3.47. The molecule has 0 spiro atoms. The maximum absolute atomic E-state index is 12.2. The zero-order valence-corrected chi connectivity index (χ0v) is 18.4. The first-order chi connectivity index (χ1) is 14.2. The number of carbonyl (C=O) groups is 2. The summed E-state index contributed by atoms with van der Waals surface area (Å²) in [4.78, 5) is 44.5. The van der Waals surface area contributed by atoms with Crippen molar-refractivity contribution in [1.82, 2.24) is 4.98 Å². The molecule has 0 radical (unpaired) electrons. The number of pyridine rings is 1. The molecule has 0 aliphatic carbocycles. The summed E-state index contributed by atoms with van der Waals surface area (Å²) in [5, 5.41) is 11.4. The quantitative estimate of drug-likeness (QED) is 0.222. The smallest absolute Gasteiger partial charge is 0.325 e. The minimum Gasteiger partial charge on any atom is -0.490 e. The molecular weight excluding hydrogens is 411 g/mol. The maximum atomic E-state index is 12.2. The Morgan fingerprint density at radius 3 is 2.30 bits per heavy atom. The molecule has 0 atom stereocenters. The number of carbonyl (C=O) groups excluding carboxylic acids is 1. The highest BCUT2D eigenvalue weighted by Crippen LogP contribution is 2.35. The van der Waals surface area contributed by atoms with Crippen LogP contribution in [0.1, 0.15) is 69.8 Å². The number of anilines is 1. The molecule has 1 heterocycles. The van der Waals surface area contributed by atoms with Crippen LogP contribution in [0.2, 0.25) is 0 Å². The first-order valence-corrected chi connectivity index (χ1v) is 12.1. The number of nitrogens with zero attached hydrogens (tertiary/aromatic N) is 1. The highest BCUT2D eigenvalue weighted by Gasteiger charge is 2.12. The Hall–Kier alpha value is -1.96. The molecule has 1 aromatic rings. The molecule has 0 aromatic carbocycles. The first kappa shape index (κ1) is 26.1. The largest absolute Gasteiger partial charge is 0.490 e. The van der Waals surface area contributed by atoms with Crippen molar-refractivity contribution in [3.8, 4) is 5.75 Å². The predicted molar refractivity (Wildman–Crippen MR) is 114 cm³/mol. The Balaban J connectivity index is 2.24. The van der Waals surface area contributed by atoms with E-state index in [4.69, 9.17) is 19.6 Å². The van der Waals surface area contributed by atoms with Gasteiger partial charge in [0.25, 0.3) is 0 Å². The van der Waals surface area contributed by atoms with Gasteiger partial charge in [-0.25, -0.2) is 4.98 Å². The van der Waals surface area contributed by atoms with E-state index in [9.17, 15) is 14.2 Å². The maximum Gasteiger partial charge on any atom is 0.325 e. The molecular formula is C20H33N2O7P. The summed E-state index contributed by atoms with van der Waals surface area (Å²) in [6, 6.07) is 1.76. The first-order valence-electron chi connectivity index (χ1n) is 10.3. The number of carboxylic acid groups (broad SMARTS) is 1. The second-order valence-corrected chi connectivity index (χ2v) is 9.14. The summed E-state index contributed by atoms with van der Waals surface area (Å²) in [6.45, 7) is 2.09. The molecule has 9 nitrogen and oxygen atoms in total. The van der Waals surface area contributed by atoms with Gasteiger partial charge in [0, 0.05) is 25.2 Å². The van der Waals surface area contributed by atoms with Gasteiger partial charge < -0.3 is 24.9 Å². The molecule has 1 aromatic heterocycles. The number of unbranched alkanes of at least 4 members (excludes halogenated alkanes) is 6. The van der Waals surface area contributed by atoms with Gasteiger partial charge in [0.2, 0.25) is 5.91 Å². The molecule has 0 aliphatic heterocycles. The van der Waals surface area contributed by atoms with E-state index in [1.54, 1.807) is 12.3 Å². The van der Waals surface area contributed by atoms with Gasteiger partial charge >= 0.3 is 13.6 Å². The molecule has 170 valence electrons. The summed E-state index contributed by atoms with van der Waals surface area (Å²) in [7, 11) is -3.87. The van der Waals surface area contributed by atoms with Gasteiger partial charge in [0.1, 0.15) is 0 Å². The van der Waals surface area contributed by atoms with Crippen molar-refractivity contribution < 1.29 is 33.8 Å². The Morgan fingerprint density at radius 2 is 1.67 bits per heavy atom. The van der Waals surface area contributed by atoms with Crippen molar-refractivity contribution >= 4 is 25.3 Å². The number of amides is 1. The molecule has 0 unspecified atom stereocenters. The Bertz CT molecular complexity index is 721. The van der Waals surface area contributed by atoms with Gasteiger partial charge in [-0.15, -0.1) is 0 Å². The van der Waals surface area contributed by atoms with E-state index in [1.165, 1.54) is 0 Å². The molecule has 1 rings (SSSR count). The third kappa shape index (κ3) is 13.3. The fraction of sp³-hybridized carbons (Fsp3) is 0.650. The Kier molecular flexibility index (Phi) is 12.3. The van der Waals surface area contributed by atoms with Crippen LogP contribution in [-0.2, 0) is 14.2 Å². The topological polar surface area (TPSA) is 146 Å². The van der Waals surface area contributed by atoms with Crippen LogP contribution in [0.25, 0.3) is 0 Å². The van der Waals surface area contributed by atoms with E-state index in [1.807, 2.05) is 6.92 Å². The van der Waals surface area contributed by atoms with E-state index in [-0.39, 0.29) is 25.1 Å². The molecule has 0 saturated heterocycles. The monoisotopic (exact) mass is 444 g/mol. The van der Waals surface area contributed by atoms with Gasteiger partial charge in [-0.2, -0.15) is 0 Å². The second kappa shape index (κ2) is 14.1. The third-order valence-electron chi connectivity index (χ3n) is 4.39. The number of nitrogens with one attached hydrogen (secondary N) is 1. The van der Waals surface area contributed by atoms with Crippen LogP contribution >= 0.6 is 7.60 Å². The number of ether oxygens (including phenoxy) is 1. The van der Waals surface area contributed by atoms with E-state index in [2.05, 4.69) is 10.3 Å². The van der Waals surface area contributed by atoms with Crippen molar-refractivity contribution in [2.24, 2.45) is 0 Å². The molecule has 30 heavy (non-hydrogen) atoms. The van der Waals surface area contributed by atoms with E-state index in [0.29, 0.717) is 30.8 Å². The van der Waals surface area contributed by atoms with Crippen LogP contribution in [0.5, 0.6) is 5.75 Å². The number of hydrogen-bond donors (Lipinski definition) is 4. The van der Waals surface area contributed by atoms with E-state index in [0.717, 1.165) is 44.1 Å². The minimum atomic E-state index is -3.87. The highest BCUT2D eigenvalue weighted by molar-refractivity contribution is 7.51. The molecule has 4 N–H and O–H groups in total. The third-order valence-corrected chi connectivity index (χ3v) is 5.29. The van der Waals surface area contributed by atoms with Crippen LogP contribution in [0, 0.1) is 6.92 Å². The van der Waals surface area contributed by atoms with Crippen LogP contribution in [0.3, 0.4) is 0 Å². The summed E-state index contributed by atoms with van der Waals surface area (Å²) < 4.78 is 16.3. The van der Waals surface area contributed by atoms with Crippen molar-refractivity contribution in [3.05, 3.63) is 17.8 Å². The van der Waals surface area contributed by atoms with Gasteiger partial charge in [-0.3, -0.25) is 14.2 Å². The molecule has 0 fully saturated rings. The van der Waals surface area contributed by atoms with Crippen LogP contribution in [0.15, 0.2) is 12.3 Å². The molecule has 0 bridgehead atoms. The van der Waals surface area contributed by atoms with Crippen molar-refractivity contribution in [2.75, 3.05) is 18.1 Å². The number of hydrogen-bond acceptors (Lipinski definition) is 5. The van der Waals surface area contributed by atoms with Crippen LogP contribution < -0.4 is 10.1 Å². The normalized spacial score (nSPS) is 11.3. The number of aryl methyl sites for hydroxylation is 1. The average molecular weight is 444 g/mol. The van der Waals surface area contributed by atoms with E-state index < -0.39 is 13.6 Å². The number of rotatable bonds is 16. The zero-order valence-electron chi connectivity index (χ0n) is 17.5. The lowest BCUT2D eigenvalue weighted by Gasteiger charge is -2.12. The zero-order chi connectivity index (χ0) is 22.4. The lowest BCUT2D eigenvalue weighted by molar-refractivity contribution is -0.137. The van der Waals surface area contributed by atoms with Gasteiger partial charge in [-0.05, 0) is 37.8 Å². The fourth-order valence-electron chi connectivity index (χ4n) is 2.83. The predicted octanol–water partition coefficient (Wildman–Crippen LogP) is 3.87. The van der Waals surface area contributed by atoms with Gasteiger partial charge in [-0.1, -0.05) is 32.1 Å². The Morgan fingerprint density at radius 1 is 1.03 bits per heavy atom. The summed E-state index contributed by atoms with van der Waals surface area (Å²) >= 11 is 0. The van der Waals surface area contributed by atoms with Crippen LogP contribution in [0.4, 0.5) is 5.82 Å². The number of carboxylic acids is 1. The van der Waals surface area contributed by atoms with Gasteiger partial charge in [0.05, 0.1) is 6.61 Å². The summed E-state index contributed by atoms with van der Waals surface area (Å²) in [6.07, 6.45) is 8.23. The standard InChI is InChI=1S/C20H33N2O7P/c1-16-14-17(29-12-9-11-19(24)25)20(21-15-16)22-18(23)10-7-5-3-2-4-6-8-13-30(26,27)28/h14-15H,2-13H2,1H3,(H,24,25)(H,21,22,23)(H2,26,27,28).